The Morgan fingerprint density at radius 3 is 2.79 bits per heavy atom. The summed E-state index contributed by atoms with van der Waals surface area (Å²) < 4.78 is 6.09. The third-order valence-corrected chi connectivity index (χ3v) is 1.69. The molecule has 0 spiro atoms. The van der Waals surface area contributed by atoms with Crippen LogP contribution in [0.25, 0.3) is 0 Å². The molecule has 0 aliphatic rings. The monoisotopic (exact) mass is 198 g/mol. The Bertz CT molecular complexity index is 369. The summed E-state index contributed by atoms with van der Waals surface area (Å²) in [6.45, 7) is 1.92. The molecule has 0 bridgehead atoms. The van der Waals surface area contributed by atoms with Gasteiger partial charge in [-0.05, 0) is 6.92 Å². The first-order valence-corrected chi connectivity index (χ1v) is 4.04. The zero-order valence-corrected chi connectivity index (χ0v) is 7.89. The number of carbonyl (C=O) groups is 1. The number of aryl methyl sites for hydroxylation is 1. The van der Waals surface area contributed by atoms with Crippen molar-refractivity contribution in [2.75, 3.05) is 6.61 Å². The number of nitrogens with zero attached hydrogens (tertiary/aromatic N) is 2. The van der Waals surface area contributed by atoms with Gasteiger partial charge in [-0.2, -0.15) is 0 Å². The average molecular weight is 198 g/mol. The highest BCUT2D eigenvalue weighted by Gasteiger charge is 2.17. The van der Waals surface area contributed by atoms with Gasteiger partial charge in [0.2, 0.25) is 0 Å². The van der Waals surface area contributed by atoms with Crippen LogP contribution in [0.3, 0.4) is 0 Å². The molecule has 1 aromatic heterocycles. The van der Waals surface area contributed by atoms with Crippen molar-refractivity contribution >= 4 is 11.7 Å². The maximum Gasteiger partial charge on any atom is 0.355 e. The summed E-state index contributed by atoms with van der Waals surface area (Å²) >= 11 is 0. The van der Waals surface area contributed by atoms with Gasteiger partial charge in [0.05, 0.1) is 17.7 Å². The molecule has 14 heavy (non-hydrogen) atoms. The Balaban J connectivity index is 2.98. The smallest absolute Gasteiger partial charge is 0.355 e. The molecule has 0 aliphatic carbocycles. The summed E-state index contributed by atoms with van der Waals surface area (Å²) in [4.78, 5) is 21.1. The molecule has 1 heterocycles. The van der Waals surface area contributed by atoms with E-state index < -0.39 is 10.9 Å². The Kier molecular flexibility index (Phi) is 2.85. The number of esters is 1. The lowest BCUT2D eigenvalue weighted by Gasteiger charge is -2.00. The van der Waals surface area contributed by atoms with Crippen LogP contribution in [0.4, 0.5) is 5.69 Å². The number of aromatic nitrogens is 1. The molecule has 0 aromatic carbocycles. The quantitative estimate of drug-likeness (QED) is 0.414. The van der Waals surface area contributed by atoms with Crippen molar-refractivity contribution in [3.63, 3.8) is 0 Å². The maximum atomic E-state index is 11.2. The molecule has 0 unspecified atom stereocenters. The third kappa shape index (κ3) is 1.90. The van der Waals surface area contributed by atoms with Crippen molar-refractivity contribution in [3.8, 4) is 0 Å². The first-order valence-electron chi connectivity index (χ1n) is 4.04. The van der Waals surface area contributed by atoms with Gasteiger partial charge in [0.15, 0.2) is 0 Å². The molecule has 1 aromatic rings. The summed E-state index contributed by atoms with van der Waals surface area (Å²) in [5.74, 6) is -0.553. The zero-order chi connectivity index (χ0) is 10.7. The molecule has 0 saturated heterocycles. The fourth-order valence-electron chi connectivity index (χ4n) is 1.05. The van der Waals surface area contributed by atoms with Crippen molar-refractivity contribution < 1.29 is 14.5 Å². The van der Waals surface area contributed by atoms with Crippen LogP contribution in [0.15, 0.2) is 12.3 Å². The molecule has 0 fully saturated rings. The van der Waals surface area contributed by atoms with Gasteiger partial charge in [0, 0.05) is 13.1 Å². The highest BCUT2D eigenvalue weighted by molar-refractivity contribution is 5.88. The molecule has 0 aliphatic heterocycles. The number of hydrogen-bond acceptors (Lipinski definition) is 4. The summed E-state index contributed by atoms with van der Waals surface area (Å²) in [5, 5.41) is 10.4. The predicted octanol–water partition coefficient (Wildman–Crippen LogP) is 1.11. The van der Waals surface area contributed by atoms with Gasteiger partial charge in [-0.1, -0.05) is 0 Å². The second-order valence-corrected chi connectivity index (χ2v) is 2.67. The first-order chi connectivity index (χ1) is 6.56. The summed E-state index contributed by atoms with van der Waals surface area (Å²) in [7, 11) is 1.55. The molecule has 0 radical (unpaired) electrons. The highest BCUT2D eigenvalue weighted by Crippen LogP contribution is 2.15. The van der Waals surface area contributed by atoms with Gasteiger partial charge in [-0.15, -0.1) is 0 Å². The molecule has 1 rings (SSSR count). The standard InChI is InChI=1S/C8H10N2O4/c1-3-14-8(11)7-4-6(10(12)13)5-9(7)2/h4-5H,3H2,1-2H3. The lowest BCUT2D eigenvalue weighted by Crippen LogP contribution is -2.08. The molecule has 6 heteroatoms. The number of rotatable bonds is 3. The second kappa shape index (κ2) is 3.91. The highest BCUT2D eigenvalue weighted by atomic mass is 16.6. The van der Waals surface area contributed by atoms with E-state index in [0.29, 0.717) is 0 Å². The van der Waals surface area contributed by atoms with E-state index >= 15 is 0 Å². The van der Waals surface area contributed by atoms with Crippen LogP contribution in [0.5, 0.6) is 0 Å². The van der Waals surface area contributed by atoms with Crippen molar-refractivity contribution in [2.24, 2.45) is 7.05 Å². The lowest BCUT2D eigenvalue weighted by atomic mass is 10.4. The maximum absolute atomic E-state index is 11.2. The van der Waals surface area contributed by atoms with E-state index in [-0.39, 0.29) is 18.0 Å². The molecule has 0 atom stereocenters. The van der Waals surface area contributed by atoms with Crippen LogP contribution in [-0.2, 0) is 11.8 Å². The van der Waals surface area contributed by atoms with Crippen LogP contribution in [0, 0.1) is 10.1 Å². The molecular weight excluding hydrogens is 188 g/mol. The van der Waals surface area contributed by atoms with E-state index in [2.05, 4.69) is 0 Å². The van der Waals surface area contributed by atoms with Gasteiger partial charge in [0.1, 0.15) is 5.69 Å². The van der Waals surface area contributed by atoms with Gasteiger partial charge < -0.3 is 9.30 Å². The normalized spacial score (nSPS) is 9.86. The minimum absolute atomic E-state index is 0.115. The Morgan fingerprint density at radius 2 is 2.36 bits per heavy atom. The van der Waals surface area contributed by atoms with Crippen molar-refractivity contribution in [3.05, 3.63) is 28.1 Å². The summed E-state index contributed by atoms with van der Waals surface area (Å²) in [6, 6.07) is 1.19. The Labute approximate surface area is 80.2 Å². The van der Waals surface area contributed by atoms with Crippen LogP contribution in [-0.4, -0.2) is 22.1 Å². The first kappa shape index (κ1) is 10.2. The molecule has 0 N–H and O–H groups in total. The zero-order valence-electron chi connectivity index (χ0n) is 7.89. The Morgan fingerprint density at radius 1 is 1.71 bits per heavy atom. The molecule has 76 valence electrons. The lowest BCUT2D eigenvalue weighted by molar-refractivity contribution is -0.384. The van der Waals surface area contributed by atoms with Gasteiger partial charge >= 0.3 is 5.97 Å². The van der Waals surface area contributed by atoms with Crippen molar-refractivity contribution in [1.82, 2.24) is 4.57 Å². The van der Waals surface area contributed by atoms with E-state index in [0.717, 1.165) is 0 Å². The van der Waals surface area contributed by atoms with Crippen LogP contribution in [0.2, 0.25) is 0 Å². The SMILES string of the molecule is CCOC(=O)c1cc([N+](=O)[O-])cn1C. The molecule has 0 saturated carbocycles. The van der Waals surface area contributed by atoms with Gasteiger partial charge in [-0.3, -0.25) is 10.1 Å². The molecule has 6 nitrogen and oxygen atoms in total. The molecule has 0 amide bonds. The fraction of sp³-hybridized carbons (Fsp3) is 0.375. The summed E-state index contributed by atoms with van der Waals surface area (Å²) in [5.41, 5.74) is 0.0640. The minimum atomic E-state index is -0.553. The minimum Gasteiger partial charge on any atom is -0.461 e. The second-order valence-electron chi connectivity index (χ2n) is 2.67. The van der Waals surface area contributed by atoms with Crippen LogP contribution in [0.1, 0.15) is 17.4 Å². The van der Waals surface area contributed by atoms with Crippen molar-refractivity contribution in [2.45, 2.75) is 6.92 Å². The van der Waals surface area contributed by atoms with Crippen LogP contribution >= 0.6 is 0 Å². The van der Waals surface area contributed by atoms with E-state index in [4.69, 9.17) is 4.74 Å². The summed E-state index contributed by atoms with van der Waals surface area (Å²) in [6.07, 6.45) is 1.27. The van der Waals surface area contributed by atoms with E-state index in [1.165, 1.54) is 16.8 Å². The average Bonchev–Trinajstić information content (AvgIpc) is 2.48. The van der Waals surface area contributed by atoms with E-state index in [1.807, 2.05) is 0 Å². The largest absolute Gasteiger partial charge is 0.461 e. The molecular formula is C8H10N2O4. The topological polar surface area (TPSA) is 74.4 Å². The van der Waals surface area contributed by atoms with Gasteiger partial charge in [0.25, 0.3) is 5.69 Å². The van der Waals surface area contributed by atoms with Gasteiger partial charge in [-0.25, -0.2) is 4.79 Å². The number of carbonyl (C=O) groups excluding carboxylic acids is 1. The van der Waals surface area contributed by atoms with Crippen LogP contribution < -0.4 is 0 Å². The third-order valence-electron chi connectivity index (χ3n) is 1.69. The number of hydrogen-bond donors (Lipinski definition) is 0. The fourth-order valence-corrected chi connectivity index (χ4v) is 1.05. The number of ether oxygens (including phenoxy) is 1. The Hall–Kier alpha value is -1.85. The van der Waals surface area contributed by atoms with Crippen molar-refractivity contribution in [1.29, 1.82) is 0 Å². The number of nitro groups is 1. The van der Waals surface area contributed by atoms with E-state index in [1.54, 1.807) is 14.0 Å². The predicted molar refractivity (Wildman–Crippen MR) is 48.0 cm³/mol. The van der Waals surface area contributed by atoms with E-state index in [9.17, 15) is 14.9 Å².